The van der Waals surface area contributed by atoms with Crippen molar-refractivity contribution in [3.05, 3.63) is 54.7 Å². The highest BCUT2D eigenvalue weighted by atomic mass is 16.5. The Morgan fingerprint density at radius 1 is 1.16 bits per heavy atom. The Balaban J connectivity index is 1.42. The predicted molar refractivity (Wildman–Crippen MR) is 144 cm³/mol. The number of nitrogens with zero attached hydrogens (tertiary/aromatic N) is 3. The molecule has 11 heteroatoms. The minimum Gasteiger partial charge on any atom is -0.493 e. The number of benzene rings is 1. The first-order valence-corrected chi connectivity index (χ1v) is 12.2. The number of pyridine rings is 2. The number of likely N-dealkylation sites (N-methyl/N-ethyl adjacent to an activating group) is 1. The van der Waals surface area contributed by atoms with Gasteiger partial charge in [0.1, 0.15) is 17.3 Å². The van der Waals surface area contributed by atoms with Crippen LogP contribution < -0.4 is 24.8 Å². The number of nitrogens with one attached hydrogen (secondary N) is 3. The average Bonchev–Trinajstić information content (AvgIpc) is 3.35. The molecule has 1 unspecified atom stereocenters. The quantitative estimate of drug-likeness (QED) is 0.256. The molecule has 3 aromatic rings. The molecule has 1 aliphatic rings. The molecule has 1 amide bonds. The molecule has 0 spiro atoms. The van der Waals surface area contributed by atoms with Crippen molar-refractivity contribution in [3.8, 4) is 23.0 Å². The molecular weight excluding hydrogens is 488 g/mol. The molecule has 0 aliphatic carbocycles. The van der Waals surface area contributed by atoms with Crippen molar-refractivity contribution in [2.24, 2.45) is 0 Å². The molecule has 11 nitrogen and oxygen atoms in total. The Morgan fingerprint density at radius 3 is 2.61 bits per heavy atom. The van der Waals surface area contributed by atoms with Crippen LogP contribution in [0.25, 0.3) is 10.9 Å². The van der Waals surface area contributed by atoms with Crippen molar-refractivity contribution < 1.29 is 23.7 Å². The van der Waals surface area contributed by atoms with Gasteiger partial charge in [0.2, 0.25) is 0 Å². The third kappa shape index (κ3) is 6.30. The summed E-state index contributed by atoms with van der Waals surface area (Å²) in [5, 5.41) is 14.9. The van der Waals surface area contributed by atoms with Crippen molar-refractivity contribution in [2.45, 2.75) is 19.4 Å². The van der Waals surface area contributed by atoms with Crippen LogP contribution in [0.15, 0.2) is 54.7 Å². The first-order valence-electron chi connectivity index (χ1n) is 12.2. The molecule has 3 N–H and O–H groups in total. The number of amides is 1. The lowest BCUT2D eigenvalue weighted by molar-refractivity contribution is -0.110. The molecular formula is C27H32N6O5. The van der Waals surface area contributed by atoms with Gasteiger partial charge in [0.05, 0.1) is 32.5 Å². The summed E-state index contributed by atoms with van der Waals surface area (Å²) < 4.78 is 22.3. The van der Waals surface area contributed by atoms with E-state index in [0.717, 1.165) is 24.9 Å². The molecule has 1 saturated heterocycles. The highest BCUT2D eigenvalue weighted by Crippen LogP contribution is 2.36. The first-order chi connectivity index (χ1) is 18.4. The van der Waals surface area contributed by atoms with Crippen LogP contribution in [-0.2, 0) is 9.53 Å². The van der Waals surface area contributed by atoms with Crippen LogP contribution in [-0.4, -0.2) is 73.5 Å². The van der Waals surface area contributed by atoms with Crippen LogP contribution >= 0.6 is 0 Å². The Hall–Kier alpha value is -4.38. The van der Waals surface area contributed by atoms with Gasteiger partial charge in [-0.3, -0.25) is 15.2 Å². The third-order valence-electron chi connectivity index (χ3n) is 6.03. The Labute approximate surface area is 221 Å². The number of likely N-dealkylation sites (tertiary alicyclic amines) is 1. The normalized spacial score (nSPS) is 15.7. The maximum atomic E-state index is 12.7. The van der Waals surface area contributed by atoms with Crippen molar-refractivity contribution in [1.82, 2.24) is 20.2 Å². The van der Waals surface area contributed by atoms with Gasteiger partial charge in [0, 0.05) is 36.4 Å². The monoisotopic (exact) mass is 520 g/mol. The van der Waals surface area contributed by atoms with Gasteiger partial charge in [-0.2, -0.15) is 0 Å². The fourth-order valence-electron chi connectivity index (χ4n) is 4.07. The van der Waals surface area contributed by atoms with E-state index in [9.17, 15) is 4.79 Å². The molecule has 0 saturated carbocycles. The maximum absolute atomic E-state index is 12.7. The second-order valence-corrected chi connectivity index (χ2v) is 8.70. The van der Waals surface area contributed by atoms with Gasteiger partial charge in [-0.25, -0.2) is 4.98 Å². The van der Waals surface area contributed by atoms with E-state index in [0.29, 0.717) is 35.1 Å². The van der Waals surface area contributed by atoms with Crippen LogP contribution in [0.5, 0.6) is 23.0 Å². The number of anilines is 1. The van der Waals surface area contributed by atoms with Crippen LogP contribution in [0.4, 0.5) is 5.82 Å². The van der Waals surface area contributed by atoms with Gasteiger partial charge in [0.15, 0.2) is 23.0 Å². The second kappa shape index (κ2) is 12.2. The minimum absolute atomic E-state index is 0.177. The molecule has 4 rings (SSSR count). The van der Waals surface area contributed by atoms with E-state index in [2.05, 4.69) is 32.5 Å². The van der Waals surface area contributed by atoms with Gasteiger partial charge < -0.3 is 34.5 Å². The summed E-state index contributed by atoms with van der Waals surface area (Å²) in [6.45, 7) is 4.03. The van der Waals surface area contributed by atoms with E-state index in [1.165, 1.54) is 6.20 Å². The minimum atomic E-state index is -0.627. The Kier molecular flexibility index (Phi) is 8.59. The Morgan fingerprint density at radius 2 is 1.95 bits per heavy atom. The van der Waals surface area contributed by atoms with Crippen molar-refractivity contribution in [3.63, 3.8) is 0 Å². The fourth-order valence-corrected chi connectivity index (χ4v) is 4.07. The largest absolute Gasteiger partial charge is 0.493 e. The molecule has 0 bridgehead atoms. The number of hydrogen-bond donors (Lipinski definition) is 3. The molecule has 200 valence electrons. The van der Waals surface area contributed by atoms with E-state index in [-0.39, 0.29) is 23.3 Å². The van der Waals surface area contributed by atoms with E-state index in [4.69, 9.17) is 24.4 Å². The molecule has 1 atom stereocenters. The maximum Gasteiger partial charge on any atom is 0.278 e. The van der Waals surface area contributed by atoms with Gasteiger partial charge in [-0.1, -0.05) is 0 Å². The van der Waals surface area contributed by atoms with Crippen LogP contribution in [0, 0.1) is 5.41 Å². The number of methoxy groups -OCH3 is 2. The summed E-state index contributed by atoms with van der Waals surface area (Å²) in [6.07, 6.45) is 5.72. The fraction of sp³-hybridized carbons (Fsp3) is 0.333. The SMILES string of the molecule is CCO/C(=C/NC1CCN(C)C1)C(=N)C(=O)Nc1ccc(Oc2ccnc3cc(OC)c(OC)cc23)cn1. The number of ether oxygens (including phenoxy) is 4. The van der Waals surface area contributed by atoms with E-state index in [1.807, 2.05) is 0 Å². The molecule has 1 aromatic carbocycles. The number of carbonyl (C=O) groups is 1. The van der Waals surface area contributed by atoms with Gasteiger partial charge in [-0.15, -0.1) is 0 Å². The van der Waals surface area contributed by atoms with E-state index < -0.39 is 5.91 Å². The summed E-state index contributed by atoms with van der Waals surface area (Å²) >= 11 is 0. The average molecular weight is 521 g/mol. The van der Waals surface area contributed by atoms with Crippen LogP contribution in [0.2, 0.25) is 0 Å². The highest BCUT2D eigenvalue weighted by molar-refractivity contribution is 6.47. The topological polar surface area (TPSA) is 131 Å². The molecule has 1 aliphatic heterocycles. The zero-order valence-corrected chi connectivity index (χ0v) is 21.9. The summed E-state index contributed by atoms with van der Waals surface area (Å²) in [6, 6.07) is 8.85. The van der Waals surface area contributed by atoms with Gasteiger partial charge in [-0.05, 0) is 51.2 Å². The summed E-state index contributed by atoms with van der Waals surface area (Å²) in [5.41, 5.74) is 0.392. The number of carbonyl (C=O) groups excluding carboxylic acids is 1. The summed E-state index contributed by atoms with van der Waals surface area (Å²) in [5.74, 6) is 1.97. The van der Waals surface area contributed by atoms with Crippen LogP contribution in [0.1, 0.15) is 13.3 Å². The summed E-state index contributed by atoms with van der Waals surface area (Å²) in [7, 11) is 5.19. The zero-order valence-electron chi connectivity index (χ0n) is 21.9. The van der Waals surface area contributed by atoms with E-state index >= 15 is 0 Å². The predicted octanol–water partition coefficient (Wildman–Crippen LogP) is 3.57. The zero-order chi connectivity index (χ0) is 27.1. The smallest absolute Gasteiger partial charge is 0.278 e. The van der Waals surface area contributed by atoms with Crippen molar-refractivity contribution >= 4 is 28.3 Å². The summed E-state index contributed by atoms with van der Waals surface area (Å²) in [4.78, 5) is 23.6. The second-order valence-electron chi connectivity index (χ2n) is 8.70. The number of hydrogen-bond acceptors (Lipinski definition) is 10. The van der Waals surface area contributed by atoms with Gasteiger partial charge in [0.25, 0.3) is 5.91 Å². The Bertz CT molecular complexity index is 1330. The highest BCUT2D eigenvalue weighted by Gasteiger charge is 2.21. The van der Waals surface area contributed by atoms with E-state index in [1.54, 1.807) is 63.9 Å². The molecule has 38 heavy (non-hydrogen) atoms. The van der Waals surface area contributed by atoms with Crippen molar-refractivity contribution in [1.29, 1.82) is 5.41 Å². The molecule has 3 heterocycles. The number of aromatic nitrogens is 2. The molecule has 2 aromatic heterocycles. The third-order valence-corrected chi connectivity index (χ3v) is 6.03. The lowest BCUT2D eigenvalue weighted by Gasteiger charge is -2.14. The van der Waals surface area contributed by atoms with Crippen LogP contribution in [0.3, 0.4) is 0 Å². The molecule has 1 fully saturated rings. The lowest BCUT2D eigenvalue weighted by Crippen LogP contribution is -2.30. The number of rotatable bonds is 11. The van der Waals surface area contributed by atoms with Gasteiger partial charge >= 0.3 is 0 Å². The molecule has 0 radical (unpaired) electrons. The lowest BCUT2D eigenvalue weighted by atomic mass is 10.2. The first kappa shape index (κ1) is 26.7. The standard InChI is InChI=1S/C27H32N6O5/c1-5-37-24(15-30-17-9-11-33(2)16-17)26(28)27(34)32-25-7-6-18(14-31-25)38-21-8-10-29-20-13-23(36-4)22(35-3)12-19(20)21/h6-8,10,12-15,17,28,30H,5,9,11,16H2,1-4H3,(H,31,32,34)/b24-15+,28-26?. The van der Waals surface area contributed by atoms with Crippen molar-refractivity contribution in [2.75, 3.05) is 46.3 Å². The number of fused-ring (bicyclic) bond motifs is 1.